The van der Waals surface area contributed by atoms with E-state index in [1.807, 2.05) is 24.5 Å². The number of hydrogen-bond acceptors (Lipinski definition) is 5. The molecule has 0 spiro atoms. The Morgan fingerprint density at radius 1 is 1.35 bits per heavy atom. The van der Waals surface area contributed by atoms with Crippen LogP contribution in [0.1, 0.15) is 30.1 Å². The monoisotopic (exact) mass is 246 g/mol. The molecule has 17 heavy (non-hydrogen) atoms. The van der Waals surface area contributed by atoms with Crippen LogP contribution in [-0.2, 0) is 6.54 Å². The Hall–Kier alpha value is -1.49. The molecule has 0 N–H and O–H groups in total. The zero-order valence-electron chi connectivity index (χ0n) is 9.71. The molecule has 88 valence electrons. The minimum atomic E-state index is 0.634. The summed E-state index contributed by atoms with van der Waals surface area (Å²) in [5.41, 5.74) is 1.24. The van der Waals surface area contributed by atoms with Gasteiger partial charge in [-0.1, -0.05) is 0 Å². The standard InChI is InChI=1S/C12H14N4S/c1-16(8-9-4-6-13-7-5-9)12-14-11(15-17-12)10-2-3-10/h4-7,10H,2-3,8H2,1H3. The topological polar surface area (TPSA) is 41.9 Å². The van der Waals surface area contributed by atoms with Crippen LogP contribution in [0, 0.1) is 0 Å². The van der Waals surface area contributed by atoms with E-state index in [1.54, 1.807) is 0 Å². The van der Waals surface area contributed by atoms with Gasteiger partial charge < -0.3 is 4.90 Å². The summed E-state index contributed by atoms with van der Waals surface area (Å²) in [7, 11) is 2.05. The Morgan fingerprint density at radius 3 is 2.82 bits per heavy atom. The van der Waals surface area contributed by atoms with Crippen molar-refractivity contribution >= 4 is 16.7 Å². The third-order valence-corrected chi connectivity index (χ3v) is 3.71. The van der Waals surface area contributed by atoms with Gasteiger partial charge in [0, 0.05) is 43.4 Å². The molecule has 3 rings (SSSR count). The summed E-state index contributed by atoms with van der Waals surface area (Å²) in [5, 5.41) is 1.00. The Balaban J connectivity index is 1.70. The van der Waals surface area contributed by atoms with Gasteiger partial charge >= 0.3 is 0 Å². The second kappa shape index (κ2) is 4.41. The molecule has 0 amide bonds. The van der Waals surface area contributed by atoms with Gasteiger partial charge in [-0.3, -0.25) is 4.98 Å². The number of hydrogen-bond donors (Lipinski definition) is 0. The van der Waals surface area contributed by atoms with E-state index in [0.717, 1.165) is 17.5 Å². The van der Waals surface area contributed by atoms with Gasteiger partial charge in [0.25, 0.3) is 0 Å². The average molecular weight is 246 g/mol. The van der Waals surface area contributed by atoms with Crippen LogP contribution in [0.2, 0.25) is 0 Å². The van der Waals surface area contributed by atoms with Crippen molar-refractivity contribution in [3.8, 4) is 0 Å². The lowest BCUT2D eigenvalue weighted by Crippen LogP contribution is -2.16. The number of aromatic nitrogens is 3. The summed E-state index contributed by atoms with van der Waals surface area (Å²) in [6.45, 7) is 0.849. The van der Waals surface area contributed by atoms with E-state index in [9.17, 15) is 0 Å². The highest BCUT2D eigenvalue weighted by atomic mass is 32.1. The van der Waals surface area contributed by atoms with E-state index in [4.69, 9.17) is 0 Å². The molecule has 0 atom stereocenters. The largest absolute Gasteiger partial charge is 0.346 e. The lowest BCUT2D eigenvalue weighted by molar-refractivity contribution is 0.893. The van der Waals surface area contributed by atoms with Crippen LogP contribution in [0.25, 0.3) is 0 Å². The SMILES string of the molecule is CN(Cc1ccncc1)c1nc(C2CC2)ns1. The molecule has 1 aliphatic carbocycles. The normalized spacial score (nSPS) is 14.9. The van der Waals surface area contributed by atoms with Gasteiger partial charge in [-0.2, -0.15) is 4.37 Å². The van der Waals surface area contributed by atoms with Gasteiger partial charge in [-0.05, 0) is 30.5 Å². The molecule has 0 unspecified atom stereocenters. The van der Waals surface area contributed by atoms with E-state index in [1.165, 1.54) is 29.9 Å². The van der Waals surface area contributed by atoms with E-state index < -0.39 is 0 Å². The van der Waals surface area contributed by atoms with Crippen molar-refractivity contribution in [2.45, 2.75) is 25.3 Å². The molecule has 0 aliphatic heterocycles. The second-order valence-electron chi connectivity index (χ2n) is 4.42. The predicted octanol–water partition coefficient (Wildman–Crippen LogP) is 2.45. The Labute approximate surface area is 105 Å². The predicted molar refractivity (Wildman–Crippen MR) is 68.2 cm³/mol. The maximum atomic E-state index is 4.59. The van der Waals surface area contributed by atoms with Crippen LogP contribution in [0.3, 0.4) is 0 Å². The smallest absolute Gasteiger partial charge is 0.205 e. The van der Waals surface area contributed by atoms with Crippen molar-refractivity contribution in [3.05, 3.63) is 35.9 Å². The molecule has 1 aliphatic rings. The van der Waals surface area contributed by atoms with Gasteiger partial charge in [0.1, 0.15) is 5.82 Å². The molecule has 2 heterocycles. The van der Waals surface area contributed by atoms with Crippen molar-refractivity contribution < 1.29 is 0 Å². The maximum absolute atomic E-state index is 4.59. The van der Waals surface area contributed by atoms with Crippen molar-refractivity contribution in [3.63, 3.8) is 0 Å². The number of pyridine rings is 1. The summed E-state index contributed by atoms with van der Waals surface area (Å²) in [6.07, 6.45) is 6.15. The molecule has 0 bridgehead atoms. The molecule has 4 nitrogen and oxygen atoms in total. The van der Waals surface area contributed by atoms with Gasteiger partial charge in [0.2, 0.25) is 5.13 Å². The van der Waals surface area contributed by atoms with Gasteiger partial charge in [-0.25, -0.2) is 4.98 Å². The highest BCUT2D eigenvalue weighted by molar-refractivity contribution is 7.09. The lowest BCUT2D eigenvalue weighted by atomic mass is 10.2. The zero-order valence-corrected chi connectivity index (χ0v) is 10.5. The van der Waals surface area contributed by atoms with E-state index in [-0.39, 0.29) is 0 Å². The van der Waals surface area contributed by atoms with Crippen molar-refractivity contribution in [2.24, 2.45) is 0 Å². The minimum Gasteiger partial charge on any atom is -0.346 e. The number of rotatable bonds is 4. The average Bonchev–Trinajstić information content (AvgIpc) is 3.08. The lowest BCUT2D eigenvalue weighted by Gasteiger charge is -2.14. The van der Waals surface area contributed by atoms with Gasteiger partial charge in [0.15, 0.2) is 0 Å². The molecule has 1 fully saturated rings. The van der Waals surface area contributed by atoms with Crippen LogP contribution >= 0.6 is 11.5 Å². The summed E-state index contributed by atoms with van der Waals surface area (Å²) in [5.74, 6) is 1.67. The van der Waals surface area contributed by atoms with Gasteiger partial charge in [0.05, 0.1) is 0 Å². The first-order valence-corrected chi connectivity index (χ1v) is 6.54. The van der Waals surface area contributed by atoms with Crippen LogP contribution in [0.5, 0.6) is 0 Å². The van der Waals surface area contributed by atoms with Crippen LogP contribution in [-0.4, -0.2) is 21.4 Å². The molecule has 0 radical (unpaired) electrons. The molecule has 2 aromatic heterocycles. The zero-order chi connectivity index (χ0) is 11.7. The third kappa shape index (κ3) is 2.44. The van der Waals surface area contributed by atoms with Crippen LogP contribution in [0.15, 0.2) is 24.5 Å². The van der Waals surface area contributed by atoms with E-state index in [0.29, 0.717) is 5.92 Å². The number of anilines is 1. The van der Waals surface area contributed by atoms with Crippen molar-refractivity contribution in [2.75, 3.05) is 11.9 Å². The van der Waals surface area contributed by atoms with Crippen LogP contribution in [0.4, 0.5) is 5.13 Å². The minimum absolute atomic E-state index is 0.634. The number of nitrogens with zero attached hydrogens (tertiary/aromatic N) is 4. The highest BCUT2D eigenvalue weighted by Gasteiger charge is 2.28. The maximum Gasteiger partial charge on any atom is 0.205 e. The molecule has 1 saturated carbocycles. The van der Waals surface area contributed by atoms with Crippen LogP contribution < -0.4 is 4.90 Å². The summed E-state index contributed by atoms with van der Waals surface area (Å²) in [4.78, 5) is 10.7. The first-order valence-electron chi connectivity index (χ1n) is 5.76. The van der Waals surface area contributed by atoms with E-state index in [2.05, 4.69) is 26.3 Å². The molecule has 0 saturated heterocycles. The molecular formula is C12H14N4S. The van der Waals surface area contributed by atoms with Crippen molar-refractivity contribution in [1.29, 1.82) is 0 Å². The quantitative estimate of drug-likeness (QED) is 0.831. The fraction of sp³-hybridized carbons (Fsp3) is 0.417. The Kier molecular flexibility index (Phi) is 2.76. The van der Waals surface area contributed by atoms with Gasteiger partial charge in [-0.15, -0.1) is 0 Å². The summed E-state index contributed by atoms with van der Waals surface area (Å²) in [6, 6.07) is 4.05. The Morgan fingerprint density at radius 2 is 2.12 bits per heavy atom. The highest BCUT2D eigenvalue weighted by Crippen LogP contribution is 2.39. The first-order chi connectivity index (χ1) is 8.33. The fourth-order valence-corrected chi connectivity index (χ4v) is 2.42. The Bertz CT molecular complexity index is 492. The van der Waals surface area contributed by atoms with Crippen molar-refractivity contribution in [1.82, 2.24) is 14.3 Å². The summed E-state index contributed by atoms with van der Waals surface area (Å²) < 4.78 is 4.42. The molecular weight excluding hydrogens is 232 g/mol. The molecule has 2 aromatic rings. The third-order valence-electron chi connectivity index (χ3n) is 2.87. The second-order valence-corrected chi connectivity index (χ2v) is 5.15. The molecule has 0 aromatic carbocycles. The van der Waals surface area contributed by atoms with E-state index >= 15 is 0 Å². The fourth-order valence-electron chi connectivity index (χ4n) is 1.72. The molecule has 5 heteroatoms. The summed E-state index contributed by atoms with van der Waals surface area (Å²) >= 11 is 1.49. The first kappa shape index (κ1) is 10.7.